The molecule has 1 aromatic carbocycles. The number of benzene rings is 1. The van der Waals surface area contributed by atoms with Crippen LogP contribution >= 0.6 is 15.9 Å². The topological polar surface area (TPSA) is 68.7 Å². The van der Waals surface area contributed by atoms with Gasteiger partial charge in [0.05, 0.1) is 14.2 Å². The van der Waals surface area contributed by atoms with Gasteiger partial charge in [0.2, 0.25) is 0 Å². The molecule has 0 unspecified atom stereocenters. The van der Waals surface area contributed by atoms with E-state index in [9.17, 15) is 9.90 Å². The van der Waals surface area contributed by atoms with Crippen molar-refractivity contribution in [2.45, 2.75) is 0 Å². The maximum atomic E-state index is 11.3. The fraction of sp³-hybridized carbons (Fsp3) is 0.143. The summed E-state index contributed by atoms with van der Waals surface area (Å²) in [7, 11) is 3.06. The lowest BCUT2D eigenvalue weighted by molar-refractivity contribution is 0.0691. The van der Waals surface area contributed by atoms with Gasteiger partial charge in [0.15, 0.2) is 5.69 Å². The summed E-state index contributed by atoms with van der Waals surface area (Å²) in [5.74, 6) is 0.0146. The van der Waals surface area contributed by atoms with E-state index in [0.29, 0.717) is 27.1 Å². The van der Waals surface area contributed by atoms with E-state index in [4.69, 9.17) is 9.47 Å². The molecule has 104 valence electrons. The first-order valence-electron chi connectivity index (χ1n) is 5.69. The Morgan fingerprint density at radius 3 is 2.55 bits per heavy atom. The molecule has 0 aliphatic carbocycles. The summed E-state index contributed by atoms with van der Waals surface area (Å²) in [6.07, 6.45) is 1.44. The Labute approximate surface area is 124 Å². The van der Waals surface area contributed by atoms with Crippen molar-refractivity contribution in [3.8, 4) is 22.6 Å². The summed E-state index contributed by atoms with van der Waals surface area (Å²) in [6, 6.07) is 6.85. The van der Waals surface area contributed by atoms with Crippen LogP contribution in [0.4, 0.5) is 0 Å². The fourth-order valence-electron chi connectivity index (χ4n) is 1.90. The van der Waals surface area contributed by atoms with Gasteiger partial charge >= 0.3 is 5.97 Å². The van der Waals surface area contributed by atoms with E-state index in [2.05, 4.69) is 20.9 Å². The van der Waals surface area contributed by atoms with Crippen LogP contribution in [0.5, 0.6) is 11.5 Å². The quantitative estimate of drug-likeness (QED) is 0.927. The number of aromatic carboxylic acids is 1. The maximum Gasteiger partial charge on any atom is 0.355 e. The van der Waals surface area contributed by atoms with E-state index in [1.54, 1.807) is 31.4 Å². The minimum absolute atomic E-state index is 0.0251. The van der Waals surface area contributed by atoms with Crippen molar-refractivity contribution in [3.63, 3.8) is 0 Å². The van der Waals surface area contributed by atoms with Gasteiger partial charge in [-0.05, 0) is 34.1 Å². The Kier molecular flexibility index (Phi) is 4.24. The van der Waals surface area contributed by atoms with Crippen molar-refractivity contribution in [2.75, 3.05) is 14.2 Å². The Bertz CT molecular complexity index is 658. The molecular weight excluding hydrogens is 326 g/mol. The number of carboxylic acid groups (broad SMARTS) is 1. The van der Waals surface area contributed by atoms with Crippen LogP contribution in [0.15, 0.2) is 34.9 Å². The van der Waals surface area contributed by atoms with E-state index in [1.807, 2.05) is 0 Å². The van der Waals surface area contributed by atoms with Gasteiger partial charge in [0.25, 0.3) is 0 Å². The minimum Gasteiger partial charge on any atom is -0.495 e. The molecule has 0 amide bonds. The van der Waals surface area contributed by atoms with Gasteiger partial charge in [-0.25, -0.2) is 9.78 Å². The van der Waals surface area contributed by atoms with Gasteiger partial charge in [-0.15, -0.1) is 0 Å². The number of pyridine rings is 1. The van der Waals surface area contributed by atoms with Crippen LogP contribution in [-0.2, 0) is 0 Å². The van der Waals surface area contributed by atoms with E-state index in [-0.39, 0.29) is 5.69 Å². The van der Waals surface area contributed by atoms with Gasteiger partial charge in [0.1, 0.15) is 16.0 Å². The van der Waals surface area contributed by atoms with Crippen LogP contribution in [-0.4, -0.2) is 30.3 Å². The lowest BCUT2D eigenvalue weighted by Gasteiger charge is -2.14. The van der Waals surface area contributed by atoms with Gasteiger partial charge in [-0.2, -0.15) is 0 Å². The van der Waals surface area contributed by atoms with Gasteiger partial charge in [-0.3, -0.25) is 0 Å². The van der Waals surface area contributed by atoms with Crippen LogP contribution in [0, 0.1) is 0 Å². The number of nitrogens with zero attached hydrogens (tertiary/aromatic N) is 1. The molecule has 2 aromatic rings. The van der Waals surface area contributed by atoms with Crippen LogP contribution in [0.2, 0.25) is 0 Å². The largest absolute Gasteiger partial charge is 0.495 e. The predicted molar refractivity (Wildman–Crippen MR) is 77.4 cm³/mol. The van der Waals surface area contributed by atoms with Crippen molar-refractivity contribution in [2.24, 2.45) is 0 Å². The third-order valence-electron chi connectivity index (χ3n) is 2.79. The third kappa shape index (κ3) is 2.46. The summed E-state index contributed by atoms with van der Waals surface area (Å²) in [5, 5.41) is 9.22. The number of rotatable bonds is 4. The van der Waals surface area contributed by atoms with E-state index in [1.165, 1.54) is 13.3 Å². The summed E-state index contributed by atoms with van der Waals surface area (Å²) in [6.45, 7) is 0. The summed E-state index contributed by atoms with van der Waals surface area (Å²) in [4.78, 5) is 15.2. The number of ether oxygens (including phenoxy) is 2. The van der Waals surface area contributed by atoms with E-state index >= 15 is 0 Å². The molecule has 0 aliphatic heterocycles. The number of hydrogen-bond donors (Lipinski definition) is 1. The molecule has 20 heavy (non-hydrogen) atoms. The molecule has 0 spiro atoms. The average Bonchev–Trinajstić information content (AvgIpc) is 2.46. The monoisotopic (exact) mass is 337 g/mol. The Morgan fingerprint density at radius 1 is 1.20 bits per heavy atom. The van der Waals surface area contributed by atoms with Crippen molar-refractivity contribution in [1.82, 2.24) is 4.98 Å². The molecule has 0 radical (unpaired) electrons. The molecule has 1 aromatic heterocycles. The van der Waals surface area contributed by atoms with Gasteiger partial charge < -0.3 is 14.6 Å². The Balaban J connectivity index is 2.71. The Morgan fingerprint density at radius 2 is 1.95 bits per heavy atom. The number of hydrogen-bond acceptors (Lipinski definition) is 4. The highest BCUT2D eigenvalue weighted by Crippen LogP contribution is 2.42. The molecular formula is C14H12BrNO4. The zero-order valence-electron chi connectivity index (χ0n) is 10.9. The standard InChI is InChI=1S/C14H12BrNO4/c1-19-10-6-5-9(13(20-2)11(10)15)8-4-3-7-16-12(8)14(17)18/h3-7H,1-2H3,(H,17,18). The molecule has 2 rings (SSSR count). The highest BCUT2D eigenvalue weighted by Gasteiger charge is 2.19. The normalized spacial score (nSPS) is 10.2. The lowest BCUT2D eigenvalue weighted by atomic mass is 10.0. The fourth-order valence-corrected chi connectivity index (χ4v) is 2.57. The Hall–Kier alpha value is -2.08. The number of aromatic nitrogens is 1. The molecule has 0 saturated carbocycles. The third-order valence-corrected chi connectivity index (χ3v) is 3.54. The summed E-state index contributed by atoms with van der Waals surface area (Å²) in [5.41, 5.74) is 1.09. The second-order valence-electron chi connectivity index (χ2n) is 3.87. The van der Waals surface area contributed by atoms with E-state index < -0.39 is 5.97 Å². The van der Waals surface area contributed by atoms with Crippen LogP contribution in [0.3, 0.4) is 0 Å². The molecule has 0 bridgehead atoms. The average molecular weight is 338 g/mol. The molecule has 1 N–H and O–H groups in total. The molecule has 6 heteroatoms. The SMILES string of the molecule is COc1ccc(-c2cccnc2C(=O)O)c(OC)c1Br. The van der Waals surface area contributed by atoms with Crippen molar-refractivity contribution >= 4 is 21.9 Å². The number of carbonyl (C=O) groups is 1. The van der Waals surface area contributed by atoms with Crippen molar-refractivity contribution in [1.29, 1.82) is 0 Å². The molecule has 0 atom stereocenters. The van der Waals surface area contributed by atoms with Crippen molar-refractivity contribution < 1.29 is 19.4 Å². The molecule has 0 saturated heterocycles. The second kappa shape index (κ2) is 5.92. The highest BCUT2D eigenvalue weighted by atomic mass is 79.9. The molecule has 0 aliphatic rings. The lowest BCUT2D eigenvalue weighted by Crippen LogP contribution is -2.03. The van der Waals surface area contributed by atoms with Gasteiger partial charge in [-0.1, -0.05) is 6.07 Å². The predicted octanol–water partition coefficient (Wildman–Crippen LogP) is 3.23. The molecule has 5 nitrogen and oxygen atoms in total. The highest BCUT2D eigenvalue weighted by molar-refractivity contribution is 9.10. The van der Waals surface area contributed by atoms with E-state index in [0.717, 1.165) is 0 Å². The van der Waals surface area contributed by atoms with Gasteiger partial charge in [0, 0.05) is 17.3 Å². The summed E-state index contributed by atoms with van der Waals surface area (Å²) < 4.78 is 11.2. The first kappa shape index (κ1) is 14.3. The first-order valence-corrected chi connectivity index (χ1v) is 6.48. The van der Waals surface area contributed by atoms with Crippen LogP contribution in [0.25, 0.3) is 11.1 Å². The van der Waals surface area contributed by atoms with Crippen LogP contribution < -0.4 is 9.47 Å². The number of carboxylic acids is 1. The second-order valence-corrected chi connectivity index (χ2v) is 4.66. The zero-order valence-corrected chi connectivity index (χ0v) is 12.5. The maximum absolute atomic E-state index is 11.3. The smallest absolute Gasteiger partial charge is 0.355 e. The number of halogens is 1. The van der Waals surface area contributed by atoms with Crippen LogP contribution in [0.1, 0.15) is 10.5 Å². The molecule has 0 fully saturated rings. The zero-order chi connectivity index (χ0) is 14.7. The molecule has 1 heterocycles. The number of methoxy groups -OCH3 is 2. The summed E-state index contributed by atoms with van der Waals surface area (Å²) >= 11 is 3.39. The van der Waals surface area contributed by atoms with Crippen molar-refractivity contribution in [3.05, 3.63) is 40.6 Å². The minimum atomic E-state index is -1.09. The first-order chi connectivity index (χ1) is 9.60.